The van der Waals surface area contributed by atoms with Crippen molar-refractivity contribution in [1.82, 2.24) is 4.90 Å². The standard InChI is InChI=1S/C14H13NO4/c1-15-12(16)10-5-4-9(6-11(10)13(15)17)14(18)19-7-8-2-3-8/h4-6,8H,2-3,7H2,1H3. The molecule has 0 saturated heterocycles. The van der Waals surface area contributed by atoms with E-state index in [1.54, 1.807) is 0 Å². The number of esters is 1. The maximum absolute atomic E-state index is 11.8. The molecule has 1 aliphatic heterocycles. The number of benzene rings is 1. The van der Waals surface area contributed by atoms with Crippen molar-refractivity contribution in [3.05, 3.63) is 34.9 Å². The molecule has 0 radical (unpaired) electrons. The molecule has 1 aliphatic carbocycles. The van der Waals surface area contributed by atoms with Crippen molar-refractivity contribution in [3.63, 3.8) is 0 Å². The number of carbonyl (C=O) groups excluding carboxylic acids is 3. The van der Waals surface area contributed by atoms with Crippen LogP contribution in [-0.2, 0) is 4.74 Å². The molecule has 0 N–H and O–H groups in total. The molecule has 1 aromatic rings. The van der Waals surface area contributed by atoms with E-state index >= 15 is 0 Å². The normalized spacial score (nSPS) is 17.6. The minimum atomic E-state index is -0.440. The van der Waals surface area contributed by atoms with E-state index in [0.717, 1.165) is 17.7 Å². The smallest absolute Gasteiger partial charge is 0.338 e. The van der Waals surface area contributed by atoms with Gasteiger partial charge in [0.15, 0.2) is 0 Å². The summed E-state index contributed by atoms with van der Waals surface area (Å²) in [5.74, 6) is -0.660. The highest BCUT2D eigenvalue weighted by molar-refractivity contribution is 6.21. The number of hydrogen-bond acceptors (Lipinski definition) is 4. The maximum Gasteiger partial charge on any atom is 0.338 e. The Balaban J connectivity index is 1.83. The van der Waals surface area contributed by atoms with Crippen LogP contribution in [0.4, 0.5) is 0 Å². The maximum atomic E-state index is 11.8. The lowest BCUT2D eigenvalue weighted by molar-refractivity contribution is 0.0485. The van der Waals surface area contributed by atoms with Crippen LogP contribution in [0.15, 0.2) is 18.2 Å². The van der Waals surface area contributed by atoms with Gasteiger partial charge in [0.25, 0.3) is 11.8 Å². The van der Waals surface area contributed by atoms with E-state index in [-0.39, 0.29) is 17.4 Å². The molecule has 0 aromatic heterocycles. The van der Waals surface area contributed by atoms with Crippen molar-refractivity contribution < 1.29 is 19.1 Å². The first-order chi connectivity index (χ1) is 9.08. The van der Waals surface area contributed by atoms with E-state index in [1.165, 1.54) is 25.2 Å². The molecular weight excluding hydrogens is 246 g/mol. The summed E-state index contributed by atoms with van der Waals surface area (Å²) < 4.78 is 5.15. The summed E-state index contributed by atoms with van der Waals surface area (Å²) in [5.41, 5.74) is 0.926. The van der Waals surface area contributed by atoms with Gasteiger partial charge in [-0.3, -0.25) is 14.5 Å². The molecule has 0 bridgehead atoms. The number of nitrogens with zero attached hydrogens (tertiary/aromatic N) is 1. The Hall–Kier alpha value is -2.17. The lowest BCUT2D eigenvalue weighted by Gasteiger charge is -2.04. The minimum Gasteiger partial charge on any atom is -0.462 e. The summed E-state index contributed by atoms with van der Waals surface area (Å²) in [6, 6.07) is 4.47. The first kappa shape index (κ1) is 11.9. The van der Waals surface area contributed by atoms with Crippen LogP contribution in [0.1, 0.15) is 43.9 Å². The minimum absolute atomic E-state index is 0.272. The molecule has 2 amide bonds. The number of ether oxygens (including phenoxy) is 1. The molecule has 0 spiro atoms. The van der Waals surface area contributed by atoms with E-state index in [4.69, 9.17) is 4.74 Å². The van der Waals surface area contributed by atoms with Crippen LogP contribution in [0.5, 0.6) is 0 Å². The van der Waals surface area contributed by atoms with Crippen LogP contribution in [0, 0.1) is 5.92 Å². The third kappa shape index (κ3) is 2.01. The van der Waals surface area contributed by atoms with E-state index < -0.39 is 5.97 Å². The van der Waals surface area contributed by atoms with Crippen molar-refractivity contribution in [1.29, 1.82) is 0 Å². The van der Waals surface area contributed by atoms with Crippen LogP contribution in [-0.4, -0.2) is 36.3 Å². The summed E-state index contributed by atoms with van der Waals surface area (Å²) in [6.07, 6.45) is 2.21. The summed E-state index contributed by atoms with van der Waals surface area (Å²) in [7, 11) is 1.43. The van der Waals surface area contributed by atoms with E-state index in [0.29, 0.717) is 23.7 Å². The van der Waals surface area contributed by atoms with Gasteiger partial charge in [-0.2, -0.15) is 0 Å². The Morgan fingerprint density at radius 1 is 1.26 bits per heavy atom. The Morgan fingerprint density at radius 3 is 2.63 bits per heavy atom. The fourth-order valence-corrected chi connectivity index (χ4v) is 2.05. The molecule has 0 unspecified atom stereocenters. The predicted octanol–water partition coefficient (Wildman–Crippen LogP) is 1.48. The van der Waals surface area contributed by atoms with Gasteiger partial charge in [-0.05, 0) is 37.0 Å². The molecule has 1 fully saturated rings. The number of carbonyl (C=O) groups is 3. The summed E-state index contributed by atoms with van der Waals surface area (Å²) >= 11 is 0. The number of fused-ring (bicyclic) bond motifs is 1. The quantitative estimate of drug-likeness (QED) is 0.609. The Bertz CT molecular complexity index is 589. The van der Waals surface area contributed by atoms with Gasteiger partial charge < -0.3 is 4.74 Å². The van der Waals surface area contributed by atoms with Crippen molar-refractivity contribution >= 4 is 17.8 Å². The number of hydrogen-bond donors (Lipinski definition) is 0. The van der Waals surface area contributed by atoms with Crippen molar-refractivity contribution in [2.75, 3.05) is 13.7 Å². The molecule has 2 aliphatic rings. The van der Waals surface area contributed by atoms with Crippen LogP contribution in [0.2, 0.25) is 0 Å². The number of amides is 2. The monoisotopic (exact) mass is 259 g/mol. The van der Waals surface area contributed by atoms with Crippen LogP contribution < -0.4 is 0 Å². The summed E-state index contributed by atoms with van der Waals surface area (Å²) in [5, 5.41) is 0. The molecule has 19 heavy (non-hydrogen) atoms. The SMILES string of the molecule is CN1C(=O)c2ccc(C(=O)OCC3CC3)cc2C1=O. The fourth-order valence-electron chi connectivity index (χ4n) is 2.05. The van der Waals surface area contributed by atoms with E-state index in [9.17, 15) is 14.4 Å². The van der Waals surface area contributed by atoms with Gasteiger partial charge in [0.05, 0.1) is 23.3 Å². The second kappa shape index (κ2) is 4.19. The molecule has 1 heterocycles. The van der Waals surface area contributed by atoms with E-state index in [1.807, 2.05) is 0 Å². The van der Waals surface area contributed by atoms with Gasteiger partial charge in [0, 0.05) is 7.05 Å². The molecule has 3 rings (SSSR count). The van der Waals surface area contributed by atoms with Crippen LogP contribution in [0.3, 0.4) is 0 Å². The van der Waals surface area contributed by atoms with Gasteiger partial charge in [-0.25, -0.2) is 4.79 Å². The zero-order chi connectivity index (χ0) is 13.6. The highest BCUT2D eigenvalue weighted by Gasteiger charge is 2.33. The predicted molar refractivity (Wildman–Crippen MR) is 65.9 cm³/mol. The first-order valence-corrected chi connectivity index (χ1v) is 6.21. The molecule has 1 aromatic carbocycles. The van der Waals surface area contributed by atoms with Gasteiger partial charge >= 0.3 is 5.97 Å². The van der Waals surface area contributed by atoms with Crippen LogP contribution in [0.25, 0.3) is 0 Å². The summed E-state index contributed by atoms with van der Waals surface area (Å²) in [6.45, 7) is 0.433. The second-order valence-corrected chi connectivity index (χ2v) is 4.97. The Kier molecular flexibility index (Phi) is 2.62. The number of imide groups is 1. The molecule has 1 saturated carbocycles. The topological polar surface area (TPSA) is 63.7 Å². The van der Waals surface area contributed by atoms with Crippen LogP contribution >= 0.6 is 0 Å². The molecule has 98 valence electrons. The average Bonchev–Trinajstić information content (AvgIpc) is 3.22. The highest BCUT2D eigenvalue weighted by atomic mass is 16.5. The lowest BCUT2D eigenvalue weighted by Crippen LogP contribution is -2.24. The van der Waals surface area contributed by atoms with Crippen molar-refractivity contribution in [3.8, 4) is 0 Å². The third-order valence-corrected chi connectivity index (χ3v) is 3.47. The third-order valence-electron chi connectivity index (χ3n) is 3.47. The molecule has 5 heteroatoms. The highest BCUT2D eigenvalue weighted by Crippen LogP contribution is 2.29. The fraction of sp³-hybridized carbons (Fsp3) is 0.357. The van der Waals surface area contributed by atoms with Crippen molar-refractivity contribution in [2.24, 2.45) is 5.92 Å². The zero-order valence-corrected chi connectivity index (χ0v) is 10.5. The number of rotatable bonds is 3. The van der Waals surface area contributed by atoms with Gasteiger partial charge in [-0.15, -0.1) is 0 Å². The first-order valence-electron chi connectivity index (χ1n) is 6.21. The molecular formula is C14H13NO4. The largest absolute Gasteiger partial charge is 0.462 e. The van der Waals surface area contributed by atoms with E-state index in [2.05, 4.69) is 0 Å². The zero-order valence-electron chi connectivity index (χ0n) is 10.5. The van der Waals surface area contributed by atoms with Gasteiger partial charge in [-0.1, -0.05) is 0 Å². The van der Waals surface area contributed by atoms with Gasteiger partial charge in [0.2, 0.25) is 0 Å². The molecule has 0 atom stereocenters. The Morgan fingerprint density at radius 2 is 1.95 bits per heavy atom. The van der Waals surface area contributed by atoms with Crippen molar-refractivity contribution in [2.45, 2.75) is 12.8 Å². The molecule has 5 nitrogen and oxygen atoms in total. The lowest BCUT2D eigenvalue weighted by atomic mass is 10.1. The average molecular weight is 259 g/mol. The van der Waals surface area contributed by atoms with Gasteiger partial charge in [0.1, 0.15) is 0 Å². The second-order valence-electron chi connectivity index (χ2n) is 4.97. The summed E-state index contributed by atoms with van der Waals surface area (Å²) in [4.78, 5) is 36.4. The Labute approximate surface area is 110 Å².